The van der Waals surface area contributed by atoms with E-state index in [1.165, 1.54) is 24.3 Å². The number of halogens is 4. The lowest BCUT2D eigenvalue weighted by molar-refractivity contribution is -0.171. The highest BCUT2D eigenvalue weighted by atomic mass is 35.5. The highest BCUT2D eigenvalue weighted by Gasteiger charge is 2.44. The molecule has 1 aliphatic heterocycles. The molecular weight excluding hydrogens is 415 g/mol. The third-order valence-corrected chi connectivity index (χ3v) is 5.16. The fraction of sp³-hybridized carbons (Fsp3) is 0.444. The van der Waals surface area contributed by atoms with E-state index in [0.717, 1.165) is 29.8 Å². The van der Waals surface area contributed by atoms with Crippen molar-refractivity contribution in [1.82, 2.24) is 9.62 Å². The highest BCUT2D eigenvalue weighted by molar-refractivity contribution is 8.01. The lowest BCUT2D eigenvalue weighted by Gasteiger charge is -2.31. The first-order valence-corrected chi connectivity index (χ1v) is 9.59. The third kappa shape index (κ3) is 7.92. The summed E-state index contributed by atoms with van der Waals surface area (Å²) in [5, 5.41) is 10.6. The molecule has 1 atom stereocenters. The molecule has 1 aromatic carbocycles. The lowest BCUT2D eigenvalue weighted by atomic mass is 10.1. The van der Waals surface area contributed by atoms with Gasteiger partial charge in [0.25, 0.3) is 0 Å². The van der Waals surface area contributed by atoms with Gasteiger partial charge in [-0.15, -0.1) is 0 Å². The Kier molecular flexibility index (Phi) is 10.8. The van der Waals surface area contributed by atoms with Gasteiger partial charge in [-0.05, 0) is 42.8 Å². The molecule has 1 heterocycles. The number of nitrogens with zero attached hydrogens (tertiary/aromatic N) is 1. The van der Waals surface area contributed by atoms with Crippen LogP contribution < -0.4 is 5.32 Å². The predicted octanol–water partition coefficient (Wildman–Crippen LogP) is 4.25. The van der Waals surface area contributed by atoms with Crippen LogP contribution in [0.3, 0.4) is 0 Å². The Morgan fingerprint density at radius 3 is 2.36 bits per heavy atom. The molecule has 2 rings (SSSR count). The Morgan fingerprint density at radius 1 is 1.43 bits per heavy atom. The van der Waals surface area contributed by atoms with Crippen molar-refractivity contribution in [2.24, 2.45) is 0 Å². The first-order chi connectivity index (χ1) is 13.3. The van der Waals surface area contributed by atoms with E-state index in [2.05, 4.69) is 5.32 Å². The van der Waals surface area contributed by atoms with E-state index in [4.69, 9.17) is 21.7 Å². The van der Waals surface area contributed by atoms with Crippen molar-refractivity contribution in [3.05, 3.63) is 45.8 Å². The average Bonchev–Trinajstić information content (AvgIpc) is 2.60. The molecule has 156 valence electrons. The standard InChI is InChI=1S/C14H14ClF3N2OS.C4H9NO/c1-2-20(22-12(9-19)7-8-21)13(14(16,17)18)10-3-5-11(15)6-4-10;1-5-4-2-6-3-4/h3-9,13,19H,2H2,1H3;4-5H,2-3H2,1H3/b12-7+,19-9?;/t13-;/m1./s1. The Balaban J connectivity index is 0.000000552. The van der Waals surface area contributed by atoms with Crippen molar-refractivity contribution < 1.29 is 22.7 Å². The van der Waals surface area contributed by atoms with E-state index in [-0.39, 0.29) is 17.0 Å². The molecule has 0 amide bonds. The smallest absolute Gasteiger partial charge is 0.378 e. The van der Waals surface area contributed by atoms with Crippen LogP contribution in [0.5, 0.6) is 0 Å². The van der Waals surface area contributed by atoms with Crippen molar-refractivity contribution in [3.63, 3.8) is 0 Å². The van der Waals surface area contributed by atoms with Gasteiger partial charge in [-0.25, -0.2) is 4.31 Å². The van der Waals surface area contributed by atoms with Crippen LogP contribution in [0.1, 0.15) is 18.5 Å². The summed E-state index contributed by atoms with van der Waals surface area (Å²) in [6, 6.07) is 4.20. The fourth-order valence-electron chi connectivity index (χ4n) is 2.17. The molecule has 1 aliphatic rings. The van der Waals surface area contributed by atoms with Crippen molar-refractivity contribution in [3.8, 4) is 0 Å². The number of rotatable bonds is 8. The Hall–Kier alpha value is -1.39. The minimum absolute atomic E-state index is 0.0432. The monoisotopic (exact) mass is 437 g/mol. The summed E-state index contributed by atoms with van der Waals surface area (Å²) in [6.45, 7) is 3.44. The van der Waals surface area contributed by atoms with Crippen LogP contribution in [0, 0.1) is 5.41 Å². The van der Waals surface area contributed by atoms with Gasteiger partial charge in [0.2, 0.25) is 0 Å². The number of hydrogen-bond acceptors (Lipinski definition) is 6. The first kappa shape index (κ1) is 24.6. The van der Waals surface area contributed by atoms with Crippen molar-refractivity contribution in [2.75, 3.05) is 26.8 Å². The number of hydrogen-bond donors (Lipinski definition) is 2. The quantitative estimate of drug-likeness (QED) is 0.275. The predicted molar refractivity (Wildman–Crippen MR) is 107 cm³/mol. The number of ether oxygens (including phenoxy) is 1. The topological polar surface area (TPSA) is 65.4 Å². The van der Waals surface area contributed by atoms with E-state index >= 15 is 0 Å². The number of aldehydes is 1. The maximum atomic E-state index is 13.4. The minimum atomic E-state index is -4.51. The number of nitrogens with one attached hydrogen (secondary N) is 2. The van der Waals surface area contributed by atoms with Gasteiger partial charge in [-0.3, -0.25) is 4.79 Å². The molecular formula is C18H23ClF3N3O2S. The molecule has 1 saturated heterocycles. The van der Waals surface area contributed by atoms with Crippen LogP contribution in [0.15, 0.2) is 35.2 Å². The van der Waals surface area contributed by atoms with Gasteiger partial charge in [0.15, 0.2) is 0 Å². The summed E-state index contributed by atoms with van der Waals surface area (Å²) in [4.78, 5) is 10.6. The van der Waals surface area contributed by atoms with Gasteiger partial charge < -0.3 is 15.5 Å². The second kappa shape index (κ2) is 12.2. The van der Waals surface area contributed by atoms with Gasteiger partial charge in [-0.2, -0.15) is 13.2 Å². The number of alkyl halides is 3. The van der Waals surface area contributed by atoms with E-state index < -0.39 is 12.2 Å². The van der Waals surface area contributed by atoms with Gasteiger partial charge >= 0.3 is 6.18 Å². The molecule has 0 aromatic heterocycles. The summed E-state index contributed by atoms with van der Waals surface area (Å²) < 4.78 is 46.3. The maximum absolute atomic E-state index is 13.4. The molecule has 0 bridgehead atoms. The minimum Gasteiger partial charge on any atom is -0.378 e. The Bertz CT molecular complexity index is 650. The first-order valence-electron chi connectivity index (χ1n) is 8.44. The van der Waals surface area contributed by atoms with Gasteiger partial charge in [0, 0.05) is 22.7 Å². The molecule has 10 heteroatoms. The normalized spacial score (nSPS) is 16.0. The van der Waals surface area contributed by atoms with Gasteiger partial charge in [-0.1, -0.05) is 30.7 Å². The molecule has 0 radical (unpaired) electrons. The molecule has 0 unspecified atom stereocenters. The number of allylic oxidation sites excluding steroid dienone is 2. The number of carbonyl (C=O) groups is 1. The fourth-order valence-corrected chi connectivity index (χ4v) is 3.21. The molecule has 5 nitrogen and oxygen atoms in total. The van der Waals surface area contributed by atoms with Crippen LogP contribution in [0.25, 0.3) is 0 Å². The summed E-state index contributed by atoms with van der Waals surface area (Å²) in [6.07, 6.45) is -2.18. The van der Waals surface area contributed by atoms with Crippen LogP contribution in [0.4, 0.5) is 13.2 Å². The Morgan fingerprint density at radius 2 is 2.04 bits per heavy atom. The number of benzene rings is 1. The third-order valence-electron chi connectivity index (χ3n) is 3.74. The molecule has 1 aromatic rings. The van der Waals surface area contributed by atoms with Gasteiger partial charge in [0.1, 0.15) is 12.3 Å². The summed E-state index contributed by atoms with van der Waals surface area (Å²) >= 11 is 6.43. The SMILES string of the molecule is CCN(S/C(C=N)=C/C=O)[C@H](c1ccc(Cl)cc1)C(F)(F)F.CNC1COC1. The van der Waals surface area contributed by atoms with E-state index in [0.29, 0.717) is 29.3 Å². The van der Waals surface area contributed by atoms with Crippen LogP contribution in [-0.2, 0) is 9.53 Å². The number of likely N-dealkylation sites (N-methyl/N-ethyl adjacent to an activating group) is 1. The highest BCUT2D eigenvalue weighted by Crippen LogP contribution is 2.42. The van der Waals surface area contributed by atoms with Gasteiger partial charge in [0.05, 0.1) is 19.3 Å². The molecule has 0 saturated carbocycles. The summed E-state index contributed by atoms with van der Waals surface area (Å²) in [7, 11) is 1.95. The molecule has 0 aliphatic carbocycles. The van der Waals surface area contributed by atoms with Crippen molar-refractivity contribution in [1.29, 1.82) is 5.41 Å². The van der Waals surface area contributed by atoms with E-state index in [9.17, 15) is 18.0 Å². The largest absolute Gasteiger partial charge is 0.408 e. The zero-order valence-electron chi connectivity index (χ0n) is 15.5. The van der Waals surface area contributed by atoms with E-state index in [1.807, 2.05) is 7.05 Å². The summed E-state index contributed by atoms with van der Waals surface area (Å²) in [5.74, 6) is 0. The van der Waals surface area contributed by atoms with Crippen LogP contribution >= 0.6 is 23.5 Å². The van der Waals surface area contributed by atoms with Crippen molar-refractivity contribution >= 4 is 36.0 Å². The van der Waals surface area contributed by atoms with Crippen LogP contribution in [0.2, 0.25) is 5.02 Å². The maximum Gasteiger partial charge on any atom is 0.408 e. The molecule has 1 fully saturated rings. The van der Waals surface area contributed by atoms with E-state index in [1.54, 1.807) is 6.92 Å². The lowest BCUT2D eigenvalue weighted by Crippen LogP contribution is -2.43. The average molecular weight is 438 g/mol. The zero-order valence-corrected chi connectivity index (χ0v) is 17.1. The Labute approximate surface area is 171 Å². The van der Waals surface area contributed by atoms with Crippen molar-refractivity contribution in [2.45, 2.75) is 25.2 Å². The number of carbonyl (C=O) groups excluding carboxylic acids is 1. The second-order valence-corrected chi connectivity index (χ2v) is 7.25. The molecule has 28 heavy (non-hydrogen) atoms. The summed E-state index contributed by atoms with van der Waals surface area (Å²) in [5.41, 5.74) is 0.0432. The molecule has 2 N–H and O–H groups in total. The molecule has 0 spiro atoms. The second-order valence-electron chi connectivity index (χ2n) is 5.69. The van der Waals surface area contributed by atoms with Crippen LogP contribution in [-0.4, -0.2) is 55.8 Å². The zero-order chi connectivity index (χ0) is 21.2.